The van der Waals surface area contributed by atoms with E-state index < -0.39 is 0 Å². The van der Waals surface area contributed by atoms with Gasteiger partial charge in [-0.25, -0.2) is 19.9 Å². The van der Waals surface area contributed by atoms with Crippen LogP contribution in [0, 0.1) is 0 Å². The van der Waals surface area contributed by atoms with Crippen LogP contribution in [0.1, 0.15) is 5.56 Å². The summed E-state index contributed by atoms with van der Waals surface area (Å²) in [5.74, 6) is 1.01. The Hall–Kier alpha value is -3.59. The molecule has 1 aliphatic heterocycles. The van der Waals surface area contributed by atoms with Gasteiger partial charge in [0.1, 0.15) is 22.7 Å². The number of aromatic nitrogens is 6. The molecule has 3 aromatic heterocycles. The van der Waals surface area contributed by atoms with Gasteiger partial charge in [-0.05, 0) is 5.56 Å². The summed E-state index contributed by atoms with van der Waals surface area (Å²) >= 11 is 0. The van der Waals surface area contributed by atoms with E-state index in [-0.39, 0.29) is 0 Å². The maximum Gasteiger partial charge on any atom is 0.228 e. The van der Waals surface area contributed by atoms with E-state index in [2.05, 4.69) is 32.0 Å². The molecule has 2 N–H and O–H groups in total. The average molecular weight is 388 g/mol. The van der Waals surface area contributed by atoms with E-state index in [1.165, 1.54) is 11.8 Å². The number of nitrogen functional groups attached to an aromatic ring is 1. The number of nitrogens with two attached hydrogens (primary N) is 1. The van der Waals surface area contributed by atoms with Gasteiger partial charge >= 0.3 is 0 Å². The van der Waals surface area contributed by atoms with E-state index in [4.69, 9.17) is 20.4 Å². The van der Waals surface area contributed by atoms with Crippen LogP contribution in [0.2, 0.25) is 0 Å². The van der Waals surface area contributed by atoms with Gasteiger partial charge in [0.05, 0.1) is 38.5 Å². The molecule has 0 saturated carbocycles. The second-order valence-corrected chi connectivity index (χ2v) is 6.83. The lowest BCUT2D eigenvalue weighted by molar-refractivity contribution is 0.122. The molecule has 1 aliphatic rings. The van der Waals surface area contributed by atoms with Crippen molar-refractivity contribution in [2.75, 3.05) is 36.9 Å². The highest BCUT2D eigenvalue weighted by Gasteiger charge is 2.21. The summed E-state index contributed by atoms with van der Waals surface area (Å²) in [5, 5.41) is 0. The van der Waals surface area contributed by atoms with Gasteiger partial charge < -0.3 is 19.9 Å². The fourth-order valence-electron chi connectivity index (χ4n) is 3.37. The van der Waals surface area contributed by atoms with Crippen LogP contribution in [0.25, 0.3) is 22.6 Å². The van der Waals surface area contributed by atoms with Crippen molar-refractivity contribution in [2.45, 2.75) is 6.54 Å². The fourth-order valence-corrected chi connectivity index (χ4v) is 3.37. The second kappa shape index (κ2) is 7.44. The minimum atomic E-state index is 0.363. The molecule has 0 bridgehead atoms. The third-order valence-electron chi connectivity index (χ3n) is 4.86. The highest BCUT2D eigenvalue weighted by atomic mass is 16.5. The molecule has 0 amide bonds. The molecule has 9 nitrogen and oxygen atoms in total. The number of hydrogen-bond donors (Lipinski definition) is 1. The molecule has 0 radical (unpaired) electrons. The molecule has 0 aliphatic carbocycles. The highest BCUT2D eigenvalue weighted by Crippen LogP contribution is 2.27. The maximum absolute atomic E-state index is 5.71. The van der Waals surface area contributed by atoms with Gasteiger partial charge in [0.2, 0.25) is 5.95 Å². The SMILES string of the molecule is Nc1cnc(-c2nc(N3CCOCC3)nc3c2ncn3Cc2ccccc2)cn1. The predicted molar refractivity (Wildman–Crippen MR) is 109 cm³/mol. The lowest BCUT2D eigenvalue weighted by atomic mass is 10.2. The second-order valence-electron chi connectivity index (χ2n) is 6.83. The van der Waals surface area contributed by atoms with Gasteiger partial charge in [-0.2, -0.15) is 4.98 Å². The van der Waals surface area contributed by atoms with Crippen LogP contribution >= 0.6 is 0 Å². The van der Waals surface area contributed by atoms with Gasteiger partial charge in [-0.1, -0.05) is 30.3 Å². The number of imidazole rings is 1. The summed E-state index contributed by atoms with van der Waals surface area (Å²) in [7, 11) is 0. The number of nitrogens with zero attached hydrogens (tertiary/aromatic N) is 7. The molecule has 9 heteroatoms. The fraction of sp³-hybridized carbons (Fsp3) is 0.250. The third-order valence-corrected chi connectivity index (χ3v) is 4.86. The zero-order valence-corrected chi connectivity index (χ0v) is 15.8. The first kappa shape index (κ1) is 17.5. The van der Waals surface area contributed by atoms with Crippen molar-refractivity contribution in [1.29, 1.82) is 0 Å². The molecule has 4 aromatic rings. The smallest absolute Gasteiger partial charge is 0.228 e. The number of fused-ring (bicyclic) bond motifs is 1. The predicted octanol–water partition coefficient (Wildman–Crippen LogP) is 1.75. The minimum Gasteiger partial charge on any atom is -0.382 e. The van der Waals surface area contributed by atoms with E-state index in [1.54, 1.807) is 12.5 Å². The molecular weight excluding hydrogens is 368 g/mol. The van der Waals surface area contributed by atoms with E-state index in [1.807, 2.05) is 22.8 Å². The summed E-state index contributed by atoms with van der Waals surface area (Å²) in [4.78, 5) is 24.9. The normalized spacial score (nSPS) is 14.4. The Morgan fingerprint density at radius 1 is 0.966 bits per heavy atom. The van der Waals surface area contributed by atoms with Gasteiger partial charge in [0, 0.05) is 13.1 Å². The van der Waals surface area contributed by atoms with Crippen molar-refractivity contribution in [2.24, 2.45) is 0 Å². The van der Waals surface area contributed by atoms with Crippen LogP contribution < -0.4 is 10.6 Å². The Morgan fingerprint density at radius 2 is 1.79 bits per heavy atom. The van der Waals surface area contributed by atoms with Crippen LogP contribution in [0.3, 0.4) is 0 Å². The summed E-state index contributed by atoms with van der Waals surface area (Å²) in [6, 6.07) is 10.2. The van der Waals surface area contributed by atoms with Crippen LogP contribution in [-0.4, -0.2) is 55.8 Å². The molecule has 0 unspecified atom stereocenters. The highest BCUT2D eigenvalue weighted by molar-refractivity contribution is 5.87. The summed E-state index contributed by atoms with van der Waals surface area (Å²) in [6.45, 7) is 3.46. The number of morpholine rings is 1. The average Bonchev–Trinajstić information content (AvgIpc) is 3.18. The molecule has 0 spiro atoms. The largest absolute Gasteiger partial charge is 0.382 e. The van der Waals surface area contributed by atoms with Crippen LogP contribution in [0.15, 0.2) is 49.1 Å². The lowest BCUT2D eigenvalue weighted by Crippen LogP contribution is -2.37. The number of benzene rings is 1. The van der Waals surface area contributed by atoms with Gasteiger partial charge in [0.25, 0.3) is 0 Å². The number of ether oxygens (including phenoxy) is 1. The molecule has 0 atom stereocenters. The number of anilines is 2. The molecule has 1 fully saturated rings. The molecule has 4 heterocycles. The summed E-state index contributed by atoms with van der Waals surface area (Å²) < 4.78 is 7.51. The quantitative estimate of drug-likeness (QED) is 0.563. The standard InChI is InChI=1S/C20H20N8O/c21-16-11-22-15(10-23-16)17-18-19(26-20(25-17)27-6-8-29-9-7-27)28(13-24-18)12-14-4-2-1-3-5-14/h1-5,10-11,13H,6-9,12H2,(H2,21,23). The summed E-state index contributed by atoms with van der Waals surface area (Å²) in [5.41, 5.74) is 9.60. The zero-order chi connectivity index (χ0) is 19.6. The maximum atomic E-state index is 5.71. The van der Waals surface area contributed by atoms with Crippen molar-refractivity contribution < 1.29 is 4.74 Å². The minimum absolute atomic E-state index is 0.363. The molecule has 29 heavy (non-hydrogen) atoms. The first-order valence-electron chi connectivity index (χ1n) is 9.45. The van der Waals surface area contributed by atoms with Crippen LogP contribution in [0.5, 0.6) is 0 Å². The first-order valence-corrected chi connectivity index (χ1v) is 9.45. The van der Waals surface area contributed by atoms with Crippen molar-refractivity contribution >= 4 is 22.9 Å². The number of rotatable bonds is 4. The van der Waals surface area contributed by atoms with Crippen molar-refractivity contribution in [3.05, 3.63) is 54.6 Å². The van der Waals surface area contributed by atoms with Crippen molar-refractivity contribution in [1.82, 2.24) is 29.5 Å². The van der Waals surface area contributed by atoms with Gasteiger partial charge in [0.15, 0.2) is 5.65 Å². The Balaban J connectivity index is 1.64. The van der Waals surface area contributed by atoms with Gasteiger partial charge in [-0.15, -0.1) is 0 Å². The van der Waals surface area contributed by atoms with Crippen LogP contribution in [0.4, 0.5) is 11.8 Å². The Morgan fingerprint density at radius 3 is 2.55 bits per heavy atom. The van der Waals surface area contributed by atoms with E-state index >= 15 is 0 Å². The Kier molecular flexibility index (Phi) is 4.49. The zero-order valence-electron chi connectivity index (χ0n) is 15.8. The third kappa shape index (κ3) is 3.47. The molecule has 146 valence electrons. The molecular formula is C20H20N8O. The van der Waals surface area contributed by atoms with Crippen molar-refractivity contribution in [3.63, 3.8) is 0 Å². The monoisotopic (exact) mass is 388 g/mol. The van der Waals surface area contributed by atoms with Crippen LogP contribution in [-0.2, 0) is 11.3 Å². The Labute approximate surface area is 167 Å². The van der Waals surface area contributed by atoms with Gasteiger partial charge in [-0.3, -0.25) is 0 Å². The lowest BCUT2D eigenvalue weighted by Gasteiger charge is -2.27. The summed E-state index contributed by atoms with van der Waals surface area (Å²) in [6.07, 6.45) is 4.94. The topological polar surface area (TPSA) is 108 Å². The van der Waals surface area contributed by atoms with E-state index in [0.717, 1.165) is 18.7 Å². The molecule has 1 aromatic carbocycles. The van der Waals surface area contributed by atoms with E-state index in [9.17, 15) is 0 Å². The first-order chi connectivity index (χ1) is 14.3. The van der Waals surface area contributed by atoms with Crippen molar-refractivity contribution in [3.8, 4) is 11.4 Å². The molecule has 5 rings (SSSR count). The Bertz CT molecular complexity index is 1120. The number of hydrogen-bond acceptors (Lipinski definition) is 8. The van der Waals surface area contributed by atoms with E-state index in [0.29, 0.717) is 48.4 Å². The molecule has 1 saturated heterocycles.